The summed E-state index contributed by atoms with van der Waals surface area (Å²) in [5.41, 5.74) is 0.790. The van der Waals surface area contributed by atoms with Crippen molar-refractivity contribution in [2.75, 3.05) is 19.1 Å². The number of methoxy groups -OCH3 is 2. The lowest BCUT2D eigenvalue weighted by atomic mass is 9.89. The molecule has 1 aliphatic heterocycles. The molecule has 0 saturated carbocycles. The fourth-order valence-electron chi connectivity index (χ4n) is 3.88. The average Bonchev–Trinajstić information content (AvgIpc) is 2.80. The molecule has 2 atom stereocenters. The summed E-state index contributed by atoms with van der Waals surface area (Å²) in [6.07, 6.45) is -5.45. The van der Waals surface area contributed by atoms with Gasteiger partial charge in [-0.1, -0.05) is 30.3 Å². The highest BCUT2D eigenvalue weighted by Crippen LogP contribution is 2.44. The number of carbonyl (C=O) groups is 1. The number of carbonyl (C=O) groups excluding carboxylic acids is 1. The van der Waals surface area contributed by atoms with Crippen LogP contribution in [0.15, 0.2) is 66.7 Å². The van der Waals surface area contributed by atoms with Gasteiger partial charge in [-0.25, -0.2) is 0 Å². The summed E-state index contributed by atoms with van der Waals surface area (Å²) in [5.74, 6) is 1.03. The third kappa shape index (κ3) is 4.20. The largest absolute Gasteiger partial charge is 0.493 e. The Balaban J connectivity index is 1.77. The van der Waals surface area contributed by atoms with Gasteiger partial charge in [0.2, 0.25) is 6.10 Å². The Labute approximate surface area is 189 Å². The number of anilines is 1. The van der Waals surface area contributed by atoms with Gasteiger partial charge in [0.25, 0.3) is 5.91 Å². The Morgan fingerprint density at radius 2 is 1.58 bits per heavy atom. The SMILES string of the molecule is COc1ccc(C2C(Oc3ccccc3C)C(=O)N2c2cccc(C(F)(F)F)c2)cc1OC. The van der Waals surface area contributed by atoms with Crippen molar-refractivity contribution < 1.29 is 32.2 Å². The third-order valence-corrected chi connectivity index (χ3v) is 5.59. The van der Waals surface area contributed by atoms with Gasteiger partial charge in [0.15, 0.2) is 11.5 Å². The van der Waals surface area contributed by atoms with E-state index in [0.717, 1.165) is 17.7 Å². The lowest BCUT2D eigenvalue weighted by molar-refractivity contribution is -0.138. The highest BCUT2D eigenvalue weighted by molar-refractivity contribution is 6.05. The molecule has 4 rings (SSSR count). The lowest BCUT2D eigenvalue weighted by Crippen LogP contribution is -2.61. The van der Waals surface area contributed by atoms with Gasteiger partial charge in [0.1, 0.15) is 11.8 Å². The molecule has 33 heavy (non-hydrogen) atoms. The van der Waals surface area contributed by atoms with Crippen molar-refractivity contribution in [2.45, 2.75) is 25.2 Å². The van der Waals surface area contributed by atoms with Crippen LogP contribution in [0.2, 0.25) is 0 Å². The number of amides is 1. The first-order valence-electron chi connectivity index (χ1n) is 10.2. The molecule has 172 valence electrons. The van der Waals surface area contributed by atoms with Gasteiger partial charge in [0.05, 0.1) is 19.8 Å². The summed E-state index contributed by atoms with van der Waals surface area (Å²) < 4.78 is 56.6. The molecule has 8 heteroatoms. The van der Waals surface area contributed by atoms with E-state index in [2.05, 4.69) is 0 Å². The highest BCUT2D eigenvalue weighted by atomic mass is 19.4. The molecule has 1 fully saturated rings. The van der Waals surface area contributed by atoms with E-state index < -0.39 is 29.8 Å². The van der Waals surface area contributed by atoms with Gasteiger partial charge in [-0.3, -0.25) is 9.69 Å². The molecule has 1 saturated heterocycles. The van der Waals surface area contributed by atoms with Crippen molar-refractivity contribution in [3.8, 4) is 17.2 Å². The number of ether oxygens (including phenoxy) is 3. The molecule has 1 amide bonds. The highest BCUT2D eigenvalue weighted by Gasteiger charge is 2.51. The predicted molar refractivity (Wildman–Crippen MR) is 117 cm³/mol. The Morgan fingerprint density at radius 3 is 2.24 bits per heavy atom. The summed E-state index contributed by atoms with van der Waals surface area (Å²) in [5, 5.41) is 0. The van der Waals surface area contributed by atoms with Crippen molar-refractivity contribution >= 4 is 11.6 Å². The van der Waals surface area contributed by atoms with Gasteiger partial charge < -0.3 is 14.2 Å². The second-order valence-electron chi connectivity index (χ2n) is 7.62. The Hall–Kier alpha value is -3.68. The van der Waals surface area contributed by atoms with Crippen LogP contribution >= 0.6 is 0 Å². The first kappa shape index (κ1) is 22.5. The number of β-lactam (4-membered cyclic amide) rings is 1. The van der Waals surface area contributed by atoms with E-state index in [1.165, 1.54) is 31.3 Å². The van der Waals surface area contributed by atoms with Crippen LogP contribution in [-0.2, 0) is 11.0 Å². The third-order valence-electron chi connectivity index (χ3n) is 5.59. The number of halogens is 3. The fourth-order valence-corrected chi connectivity index (χ4v) is 3.88. The summed E-state index contributed by atoms with van der Waals surface area (Å²) >= 11 is 0. The van der Waals surface area contributed by atoms with E-state index in [9.17, 15) is 18.0 Å². The topological polar surface area (TPSA) is 48.0 Å². The van der Waals surface area contributed by atoms with Crippen LogP contribution in [0.5, 0.6) is 17.2 Å². The molecule has 0 bridgehead atoms. The maximum absolute atomic E-state index is 13.3. The molecule has 3 aromatic carbocycles. The minimum absolute atomic E-state index is 0.138. The zero-order valence-electron chi connectivity index (χ0n) is 18.2. The van der Waals surface area contributed by atoms with Crippen molar-refractivity contribution in [3.05, 3.63) is 83.4 Å². The Kier molecular flexibility index (Phi) is 5.93. The maximum atomic E-state index is 13.3. The number of rotatable bonds is 6. The maximum Gasteiger partial charge on any atom is 0.416 e. The number of benzene rings is 3. The molecular formula is C25H22F3NO4. The number of nitrogens with zero attached hydrogens (tertiary/aromatic N) is 1. The summed E-state index contributed by atoms with van der Waals surface area (Å²) in [6, 6.07) is 16.4. The predicted octanol–water partition coefficient (Wildman–Crippen LogP) is 5.57. The molecule has 0 aliphatic carbocycles. The van der Waals surface area contributed by atoms with Crippen LogP contribution in [-0.4, -0.2) is 26.2 Å². The van der Waals surface area contributed by atoms with Crippen LogP contribution in [0.3, 0.4) is 0 Å². The quantitative estimate of drug-likeness (QED) is 0.455. The molecule has 1 aliphatic rings. The van der Waals surface area contributed by atoms with Gasteiger partial charge in [-0.2, -0.15) is 13.2 Å². The Bertz CT molecular complexity index is 1180. The minimum Gasteiger partial charge on any atom is -0.493 e. The molecule has 3 aromatic rings. The molecular weight excluding hydrogens is 435 g/mol. The van der Waals surface area contributed by atoms with Crippen LogP contribution in [0.1, 0.15) is 22.7 Å². The van der Waals surface area contributed by atoms with E-state index >= 15 is 0 Å². The number of hydrogen-bond donors (Lipinski definition) is 0. The molecule has 0 spiro atoms. The first-order valence-corrected chi connectivity index (χ1v) is 10.2. The number of aryl methyl sites for hydroxylation is 1. The second kappa shape index (κ2) is 8.69. The number of hydrogen-bond acceptors (Lipinski definition) is 4. The van der Waals surface area contributed by atoms with E-state index in [1.807, 2.05) is 19.1 Å². The zero-order valence-corrected chi connectivity index (χ0v) is 18.2. The standard InChI is InChI=1S/C25H22F3NO4/c1-15-7-4-5-10-19(15)33-23-22(16-11-12-20(31-2)21(13-16)32-3)29(24(23)30)18-9-6-8-17(14-18)25(26,27)28/h4-14,22-23H,1-3H3. The van der Waals surface area contributed by atoms with Crippen LogP contribution in [0.4, 0.5) is 18.9 Å². The van der Waals surface area contributed by atoms with Crippen LogP contribution in [0, 0.1) is 6.92 Å². The van der Waals surface area contributed by atoms with Crippen molar-refractivity contribution in [1.29, 1.82) is 0 Å². The molecule has 0 N–H and O–H groups in total. The fraction of sp³-hybridized carbons (Fsp3) is 0.240. The molecule has 5 nitrogen and oxygen atoms in total. The first-order chi connectivity index (χ1) is 15.7. The zero-order chi connectivity index (χ0) is 23.8. The van der Waals surface area contributed by atoms with E-state index in [-0.39, 0.29) is 5.69 Å². The van der Waals surface area contributed by atoms with Crippen LogP contribution in [0.25, 0.3) is 0 Å². The van der Waals surface area contributed by atoms with Gasteiger partial charge in [0, 0.05) is 5.69 Å². The van der Waals surface area contributed by atoms with Crippen molar-refractivity contribution in [2.24, 2.45) is 0 Å². The smallest absolute Gasteiger partial charge is 0.416 e. The van der Waals surface area contributed by atoms with Crippen LogP contribution < -0.4 is 19.1 Å². The molecule has 1 heterocycles. The second-order valence-corrected chi connectivity index (χ2v) is 7.62. The van der Waals surface area contributed by atoms with E-state index in [1.54, 1.807) is 30.3 Å². The van der Waals surface area contributed by atoms with E-state index in [0.29, 0.717) is 22.8 Å². The number of para-hydroxylation sites is 1. The van der Waals surface area contributed by atoms with Gasteiger partial charge >= 0.3 is 6.18 Å². The summed E-state index contributed by atoms with van der Waals surface area (Å²) in [7, 11) is 2.99. The van der Waals surface area contributed by atoms with Crippen molar-refractivity contribution in [3.63, 3.8) is 0 Å². The molecule has 0 aromatic heterocycles. The Morgan fingerprint density at radius 1 is 0.848 bits per heavy atom. The number of alkyl halides is 3. The molecule has 0 radical (unpaired) electrons. The normalized spacial score (nSPS) is 18.0. The van der Waals surface area contributed by atoms with Gasteiger partial charge in [-0.15, -0.1) is 0 Å². The van der Waals surface area contributed by atoms with Crippen molar-refractivity contribution in [1.82, 2.24) is 0 Å². The van der Waals surface area contributed by atoms with E-state index in [4.69, 9.17) is 14.2 Å². The minimum atomic E-state index is -4.53. The monoisotopic (exact) mass is 457 g/mol. The molecule has 2 unspecified atom stereocenters. The lowest BCUT2D eigenvalue weighted by Gasteiger charge is -2.47. The average molecular weight is 457 g/mol. The van der Waals surface area contributed by atoms with Gasteiger partial charge in [-0.05, 0) is 54.4 Å². The summed E-state index contributed by atoms with van der Waals surface area (Å²) in [4.78, 5) is 14.5. The summed E-state index contributed by atoms with van der Waals surface area (Å²) in [6.45, 7) is 1.86.